The van der Waals surface area contributed by atoms with Gasteiger partial charge in [0.1, 0.15) is 5.75 Å². The van der Waals surface area contributed by atoms with Crippen molar-refractivity contribution >= 4 is 11.8 Å². The van der Waals surface area contributed by atoms with Crippen LogP contribution in [-0.2, 0) is 12.8 Å². The highest BCUT2D eigenvalue weighted by atomic mass is 32.2. The largest absolute Gasteiger partial charge is 0.497 e. The SMILES string of the molecule is COc1ccc(-c2nnc(SCc3ccc4c(c3)OCO4)n2C)cc1. The van der Waals surface area contributed by atoms with E-state index in [1.54, 1.807) is 18.9 Å². The highest BCUT2D eigenvalue weighted by molar-refractivity contribution is 7.98. The molecule has 1 aliphatic rings. The summed E-state index contributed by atoms with van der Waals surface area (Å²) in [7, 11) is 3.63. The Hall–Kier alpha value is -2.67. The molecule has 0 fully saturated rings. The zero-order valence-corrected chi connectivity index (χ0v) is 14.7. The lowest BCUT2D eigenvalue weighted by molar-refractivity contribution is 0.174. The molecule has 1 aliphatic heterocycles. The number of methoxy groups -OCH3 is 1. The molecule has 1 aromatic heterocycles. The highest BCUT2D eigenvalue weighted by Crippen LogP contribution is 2.34. The molecule has 0 unspecified atom stereocenters. The van der Waals surface area contributed by atoms with Gasteiger partial charge in [-0.3, -0.25) is 0 Å². The summed E-state index contributed by atoms with van der Waals surface area (Å²) in [5.74, 6) is 4.04. The monoisotopic (exact) mass is 355 g/mol. The van der Waals surface area contributed by atoms with E-state index in [4.69, 9.17) is 14.2 Å². The summed E-state index contributed by atoms with van der Waals surface area (Å²) in [6, 6.07) is 13.8. The van der Waals surface area contributed by atoms with E-state index in [0.717, 1.165) is 45.1 Å². The molecule has 0 spiro atoms. The van der Waals surface area contributed by atoms with Gasteiger partial charge < -0.3 is 18.8 Å². The topological polar surface area (TPSA) is 58.4 Å². The molecule has 0 atom stereocenters. The molecule has 2 aromatic carbocycles. The Labute approximate surface area is 149 Å². The van der Waals surface area contributed by atoms with Crippen molar-refractivity contribution in [1.29, 1.82) is 0 Å². The summed E-state index contributed by atoms with van der Waals surface area (Å²) in [6.07, 6.45) is 0. The lowest BCUT2D eigenvalue weighted by Crippen LogP contribution is -1.95. The number of benzene rings is 2. The van der Waals surface area contributed by atoms with Crippen LogP contribution in [0.4, 0.5) is 0 Å². The van der Waals surface area contributed by atoms with E-state index in [-0.39, 0.29) is 0 Å². The van der Waals surface area contributed by atoms with Crippen LogP contribution in [0.25, 0.3) is 11.4 Å². The molecular formula is C18H17N3O3S. The molecule has 7 heteroatoms. The van der Waals surface area contributed by atoms with Crippen molar-refractivity contribution in [1.82, 2.24) is 14.8 Å². The number of ether oxygens (including phenoxy) is 3. The zero-order valence-electron chi connectivity index (χ0n) is 13.9. The van der Waals surface area contributed by atoms with Crippen LogP contribution in [0, 0.1) is 0 Å². The minimum absolute atomic E-state index is 0.292. The van der Waals surface area contributed by atoms with Crippen molar-refractivity contribution < 1.29 is 14.2 Å². The minimum atomic E-state index is 0.292. The van der Waals surface area contributed by atoms with Crippen molar-refractivity contribution in [3.05, 3.63) is 48.0 Å². The van der Waals surface area contributed by atoms with Crippen LogP contribution in [0.5, 0.6) is 17.2 Å². The molecule has 128 valence electrons. The van der Waals surface area contributed by atoms with Gasteiger partial charge in [-0.2, -0.15) is 0 Å². The Bertz CT molecular complexity index is 893. The van der Waals surface area contributed by atoms with Gasteiger partial charge in [-0.1, -0.05) is 17.8 Å². The first-order valence-electron chi connectivity index (χ1n) is 7.80. The molecule has 4 rings (SSSR count). The van der Waals surface area contributed by atoms with Crippen LogP contribution in [0.15, 0.2) is 47.6 Å². The van der Waals surface area contributed by atoms with Crippen LogP contribution >= 0.6 is 11.8 Å². The number of rotatable bonds is 5. The van der Waals surface area contributed by atoms with Gasteiger partial charge >= 0.3 is 0 Å². The smallest absolute Gasteiger partial charge is 0.231 e. The van der Waals surface area contributed by atoms with Gasteiger partial charge in [0.15, 0.2) is 22.5 Å². The predicted molar refractivity (Wildman–Crippen MR) is 95.1 cm³/mol. The van der Waals surface area contributed by atoms with Crippen molar-refractivity contribution in [3.63, 3.8) is 0 Å². The molecule has 25 heavy (non-hydrogen) atoms. The zero-order chi connectivity index (χ0) is 17.2. The second-order valence-corrected chi connectivity index (χ2v) is 6.51. The molecule has 2 heterocycles. The van der Waals surface area contributed by atoms with Crippen molar-refractivity contribution in [2.75, 3.05) is 13.9 Å². The highest BCUT2D eigenvalue weighted by Gasteiger charge is 2.15. The number of hydrogen-bond acceptors (Lipinski definition) is 6. The normalized spacial score (nSPS) is 12.4. The number of hydrogen-bond donors (Lipinski definition) is 0. The Morgan fingerprint density at radius 1 is 1.08 bits per heavy atom. The molecule has 0 aliphatic carbocycles. The average Bonchev–Trinajstić information content (AvgIpc) is 3.26. The maximum atomic E-state index is 5.42. The third kappa shape index (κ3) is 3.15. The lowest BCUT2D eigenvalue weighted by Gasteiger charge is -2.05. The van der Waals surface area contributed by atoms with Crippen molar-refractivity contribution in [3.8, 4) is 28.6 Å². The fourth-order valence-corrected chi connectivity index (χ4v) is 3.46. The number of nitrogens with zero attached hydrogens (tertiary/aromatic N) is 3. The van der Waals surface area contributed by atoms with E-state index in [0.29, 0.717) is 6.79 Å². The number of thioether (sulfide) groups is 1. The number of aromatic nitrogens is 3. The summed E-state index contributed by atoms with van der Waals surface area (Å²) in [6.45, 7) is 0.292. The minimum Gasteiger partial charge on any atom is -0.497 e. The maximum absolute atomic E-state index is 5.42. The fourth-order valence-electron chi connectivity index (χ4n) is 2.61. The molecule has 0 saturated carbocycles. The van der Waals surface area contributed by atoms with E-state index in [9.17, 15) is 0 Å². The quantitative estimate of drug-likeness (QED) is 0.653. The van der Waals surface area contributed by atoms with Gasteiger partial charge in [0.25, 0.3) is 0 Å². The lowest BCUT2D eigenvalue weighted by atomic mass is 10.2. The number of fused-ring (bicyclic) bond motifs is 1. The molecule has 0 amide bonds. The first-order chi connectivity index (χ1) is 12.2. The first-order valence-corrected chi connectivity index (χ1v) is 8.78. The Morgan fingerprint density at radius 3 is 2.68 bits per heavy atom. The molecule has 6 nitrogen and oxygen atoms in total. The summed E-state index contributed by atoms with van der Waals surface area (Å²) in [4.78, 5) is 0. The van der Waals surface area contributed by atoms with Crippen molar-refractivity contribution in [2.24, 2.45) is 7.05 Å². The first kappa shape index (κ1) is 15.8. The van der Waals surface area contributed by atoms with E-state index >= 15 is 0 Å². The summed E-state index contributed by atoms with van der Waals surface area (Å²) in [5.41, 5.74) is 2.16. The van der Waals surface area contributed by atoms with Gasteiger partial charge in [0.2, 0.25) is 6.79 Å². The average molecular weight is 355 g/mol. The van der Waals surface area contributed by atoms with Gasteiger partial charge in [-0.05, 0) is 42.0 Å². The van der Waals surface area contributed by atoms with Crippen LogP contribution < -0.4 is 14.2 Å². The van der Waals surface area contributed by atoms with Crippen LogP contribution in [-0.4, -0.2) is 28.7 Å². The summed E-state index contributed by atoms with van der Waals surface area (Å²) < 4.78 is 18.0. The third-order valence-corrected chi connectivity index (χ3v) is 5.08. The van der Waals surface area contributed by atoms with Gasteiger partial charge in [-0.15, -0.1) is 10.2 Å². The van der Waals surface area contributed by atoms with Crippen LogP contribution in [0.3, 0.4) is 0 Å². The maximum Gasteiger partial charge on any atom is 0.231 e. The summed E-state index contributed by atoms with van der Waals surface area (Å²) >= 11 is 1.64. The molecule has 0 bridgehead atoms. The predicted octanol–water partition coefficient (Wildman–Crippen LogP) is 3.51. The Balaban J connectivity index is 1.49. The third-order valence-electron chi connectivity index (χ3n) is 3.99. The van der Waals surface area contributed by atoms with Crippen LogP contribution in [0.1, 0.15) is 5.56 Å². The Kier molecular flexibility index (Phi) is 4.23. The standard InChI is InChI=1S/C18H17N3O3S/c1-21-17(13-4-6-14(22-2)7-5-13)19-20-18(21)25-10-12-3-8-15-16(9-12)24-11-23-15/h3-9H,10-11H2,1-2H3. The van der Waals surface area contributed by atoms with E-state index < -0.39 is 0 Å². The van der Waals surface area contributed by atoms with Crippen LogP contribution in [0.2, 0.25) is 0 Å². The van der Waals surface area contributed by atoms with Gasteiger partial charge in [0, 0.05) is 18.4 Å². The fraction of sp³-hybridized carbons (Fsp3) is 0.222. The molecular weight excluding hydrogens is 338 g/mol. The summed E-state index contributed by atoms with van der Waals surface area (Å²) in [5, 5.41) is 9.49. The second-order valence-electron chi connectivity index (χ2n) is 5.57. The molecule has 3 aromatic rings. The van der Waals surface area contributed by atoms with Gasteiger partial charge in [-0.25, -0.2) is 0 Å². The molecule has 0 radical (unpaired) electrons. The van der Waals surface area contributed by atoms with E-state index in [2.05, 4.69) is 10.2 Å². The Morgan fingerprint density at radius 2 is 1.88 bits per heavy atom. The molecule has 0 saturated heterocycles. The van der Waals surface area contributed by atoms with E-state index in [1.807, 2.05) is 54.1 Å². The van der Waals surface area contributed by atoms with Gasteiger partial charge in [0.05, 0.1) is 7.11 Å². The molecule has 0 N–H and O–H groups in total. The van der Waals surface area contributed by atoms with E-state index in [1.165, 1.54) is 0 Å². The second kappa shape index (κ2) is 6.68. The van der Waals surface area contributed by atoms with Crippen molar-refractivity contribution in [2.45, 2.75) is 10.9 Å².